The van der Waals surface area contributed by atoms with Crippen LogP contribution in [-0.2, 0) is 5.75 Å². The molecular weight excluding hydrogens is 296 g/mol. The molecule has 0 spiro atoms. The lowest BCUT2D eigenvalue weighted by molar-refractivity contribution is 0.174. The fraction of sp³-hybridized carbons (Fsp3) is 0.143. The molecule has 1 aliphatic rings. The van der Waals surface area contributed by atoms with E-state index in [-0.39, 0.29) is 6.79 Å². The number of hydrogen-bond acceptors (Lipinski definition) is 5. The predicted octanol–water partition coefficient (Wildman–Crippen LogP) is 3.63. The van der Waals surface area contributed by atoms with Gasteiger partial charge in [-0.15, -0.1) is 11.8 Å². The normalized spacial score (nSPS) is 12.2. The summed E-state index contributed by atoms with van der Waals surface area (Å²) in [5, 5.41) is 10.4. The van der Waals surface area contributed by atoms with E-state index in [1.54, 1.807) is 24.4 Å². The summed E-state index contributed by atoms with van der Waals surface area (Å²) in [6.07, 6.45) is 1.67. The largest absolute Gasteiger partial charge is 0.454 e. The minimum atomic E-state index is 0.223. The second-order valence-electron chi connectivity index (χ2n) is 4.05. The van der Waals surface area contributed by atoms with E-state index in [0.29, 0.717) is 32.9 Å². The van der Waals surface area contributed by atoms with Crippen molar-refractivity contribution in [3.63, 3.8) is 0 Å². The van der Waals surface area contributed by atoms with Crippen molar-refractivity contribution in [2.24, 2.45) is 0 Å². The summed E-state index contributed by atoms with van der Waals surface area (Å²) in [7, 11) is 0. The van der Waals surface area contributed by atoms with Crippen LogP contribution >= 0.6 is 23.4 Å². The van der Waals surface area contributed by atoms with Gasteiger partial charge < -0.3 is 9.47 Å². The first-order valence-electron chi connectivity index (χ1n) is 5.84. The Morgan fingerprint density at radius 2 is 2.15 bits per heavy atom. The van der Waals surface area contributed by atoms with Crippen molar-refractivity contribution in [3.8, 4) is 17.6 Å². The third kappa shape index (κ3) is 2.53. The topological polar surface area (TPSA) is 55.1 Å². The van der Waals surface area contributed by atoms with E-state index in [2.05, 4.69) is 11.1 Å². The zero-order valence-corrected chi connectivity index (χ0v) is 11.9. The standard InChI is InChI=1S/C14H9ClN2O2S/c15-11-5-13-12(18-8-19-13)4-10(11)7-20-14-9(6-16)2-1-3-17-14/h1-5H,7-8H2. The molecule has 0 N–H and O–H groups in total. The Hall–Kier alpha value is -1.90. The van der Waals surface area contributed by atoms with Gasteiger partial charge in [0, 0.05) is 23.0 Å². The molecule has 2 aromatic rings. The molecule has 0 radical (unpaired) electrons. The third-order valence-corrected chi connectivity index (χ3v) is 4.20. The Labute approximate surface area is 125 Å². The molecule has 100 valence electrons. The van der Waals surface area contributed by atoms with Crippen LogP contribution in [0.15, 0.2) is 35.5 Å². The number of benzene rings is 1. The number of rotatable bonds is 3. The van der Waals surface area contributed by atoms with E-state index < -0.39 is 0 Å². The highest BCUT2D eigenvalue weighted by Gasteiger charge is 2.17. The lowest BCUT2D eigenvalue weighted by atomic mass is 10.2. The smallest absolute Gasteiger partial charge is 0.231 e. The Balaban J connectivity index is 1.81. The molecule has 1 aromatic heterocycles. The van der Waals surface area contributed by atoms with Crippen LogP contribution < -0.4 is 9.47 Å². The number of hydrogen-bond donors (Lipinski definition) is 0. The summed E-state index contributed by atoms with van der Waals surface area (Å²) in [5.74, 6) is 1.98. The SMILES string of the molecule is N#Cc1cccnc1SCc1cc2c(cc1Cl)OCO2. The fourth-order valence-corrected chi connectivity index (χ4v) is 3.04. The zero-order chi connectivity index (χ0) is 13.9. The van der Waals surface area contributed by atoms with E-state index in [1.807, 2.05) is 6.07 Å². The summed E-state index contributed by atoms with van der Waals surface area (Å²) in [4.78, 5) is 4.21. The maximum atomic E-state index is 9.03. The van der Waals surface area contributed by atoms with E-state index in [0.717, 1.165) is 5.56 Å². The van der Waals surface area contributed by atoms with Gasteiger partial charge in [-0.05, 0) is 23.8 Å². The van der Waals surface area contributed by atoms with Crippen molar-refractivity contribution in [1.82, 2.24) is 4.98 Å². The quantitative estimate of drug-likeness (QED) is 0.811. The van der Waals surface area contributed by atoms with Crippen LogP contribution in [0, 0.1) is 11.3 Å². The molecule has 1 aromatic carbocycles. The van der Waals surface area contributed by atoms with Crippen LogP contribution in [0.2, 0.25) is 5.02 Å². The van der Waals surface area contributed by atoms with Crippen molar-refractivity contribution in [2.75, 3.05) is 6.79 Å². The number of ether oxygens (including phenoxy) is 2. The van der Waals surface area contributed by atoms with Gasteiger partial charge in [0.2, 0.25) is 6.79 Å². The van der Waals surface area contributed by atoms with Gasteiger partial charge in [-0.1, -0.05) is 11.6 Å². The first-order valence-corrected chi connectivity index (χ1v) is 7.20. The summed E-state index contributed by atoms with van der Waals surface area (Å²) in [6, 6.07) is 9.24. The molecular formula is C14H9ClN2O2S. The molecule has 2 heterocycles. The number of halogens is 1. The highest BCUT2D eigenvalue weighted by molar-refractivity contribution is 7.98. The van der Waals surface area contributed by atoms with Crippen LogP contribution in [0.4, 0.5) is 0 Å². The predicted molar refractivity (Wildman–Crippen MR) is 76.1 cm³/mol. The number of nitriles is 1. The minimum absolute atomic E-state index is 0.223. The maximum Gasteiger partial charge on any atom is 0.231 e. The Bertz CT molecular complexity index is 700. The molecule has 0 atom stereocenters. The molecule has 20 heavy (non-hydrogen) atoms. The van der Waals surface area contributed by atoms with Crippen molar-refractivity contribution >= 4 is 23.4 Å². The lowest BCUT2D eigenvalue weighted by Gasteiger charge is -2.06. The monoisotopic (exact) mass is 304 g/mol. The van der Waals surface area contributed by atoms with Crippen LogP contribution in [0.25, 0.3) is 0 Å². The molecule has 0 saturated heterocycles. The minimum Gasteiger partial charge on any atom is -0.454 e. The number of thioether (sulfide) groups is 1. The van der Waals surface area contributed by atoms with Gasteiger partial charge in [-0.3, -0.25) is 0 Å². The lowest BCUT2D eigenvalue weighted by Crippen LogP contribution is -1.92. The van der Waals surface area contributed by atoms with Crippen molar-refractivity contribution in [3.05, 3.63) is 46.6 Å². The second-order valence-corrected chi connectivity index (χ2v) is 5.42. The second kappa shape index (κ2) is 5.61. The van der Waals surface area contributed by atoms with Gasteiger partial charge in [-0.2, -0.15) is 5.26 Å². The molecule has 6 heteroatoms. The Morgan fingerprint density at radius 3 is 2.95 bits per heavy atom. The molecule has 0 aliphatic carbocycles. The fourth-order valence-electron chi connectivity index (χ4n) is 1.81. The Morgan fingerprint density at radius 1 is 1.35 bits per heavy atom. The van der Waals surface area contributed by atoms with Crippen molar-refractivity contribution < 1.29 is 9.47 Å². The molecule has 3 rings (SSSR count). The van der Waals surface area contributed by atoms with E-state index in [9.17, 15) is 0 Å². The van der Waals surface area contributed by atoms with Crippen LogP contribution in [-0.4, -0.2) is 11.8 Å². The van der Waals surface area contributed by atoms with Gasteiger partial charge in [0.25, 0.3) is 0 Å². The van der Waals surface area contributed by atoms with Crippen molar-refractivity contribution in [2.45, 2.75) is 10.8 Å². The number of fused-ring (bicyclic) bond motifs is 1. The summed E-state index contributed by atoms with van der Waals surface area (Å²) in [6.45, 7) is 0.223. The van der Waals surface area contributed by atoms with Crippen molar-refractivity contribution in [1.29, 1.82) is 5.26 Å². The van der Waals surface area contributed by atoms with E-state index in [4.69, 9.17) is 26.3 Å². The maximum absolute atomic E-state index is 9.03. The first kappa shape index (κ1) is 13.1. The summed E-state index contributed by atoms with van der Waals surface area (Å²) >= 11 is 7.68. The highest BCUT2D eigenvalue weighted by Crippen LogP contribution is 2.38. The molecule has 0 saturated carbocycles. The zero-order valence-electron chi connectivity index (χ0n) is 10.3. The molecule has 0 fully saturated rings. The first-order chi connectivity index (χ1) is 9.78. The van der Waals surface area contributed by atoms with Gasteiger partial charge in [0.15, 0.2) is 11.5 Å². The van der Waals surface area contributed by atoms with Crippen LogP contribution in [0.3, 0.4) is 0 Å². The summed E-state index contributed by atoms with van der Waals surface area (Å²) in [5.41, 5.74) is 1.49. The average Bonchev–Trinajstić information content (AvgIpc) is 2.92. The molecule has 0 unspecified atom stereocenters. The summed E-state index contributed by atoms with van der Waals surface area (Å²) < 4.78 is 10.6. The van der Waals surface area contributed by atoms with Crippen LogP contribution in [0.1, 0.15) is 11.1 Å². The third-order valence-electron chi connectivity index (χ3n) is 2.80. The van der Waals surface area contributed by atoms with E-state index in [1.165, 1.54) is 11.8 Å². The molecule has 0 bridgehead atoms. The van der Waals surface area contributed by atoms with Gasteiger partial charge in [-0.25, -0.2) is 4.98 Å². The molecule has 4 nitrogen and oxygen atoms in total. The van der Waals surface area contributed by atoms with E-state index >= 15 is 0 Å². The molecule has 0 amide bonds. The number of pyridine rings is 1. The van der Waals surface area contributed by atoms with Crippen LogP contribution in [0.5, 0.6) is 11.5 Å². The van der Waals surface area contributed by atoms with Gasteiger partial charge in [0.05, 0.1) is 5.56 Å². The number of nitrogens with zero attached hydrogens (tertiary/aromatic N) is 2. The van der Waals surface area contributed by atoms with Gasteiger partial charge >= 0.3 is 0 Å². The Kier molecular flexibility index (Phi) is 3.68. The van der Waals surface area contributed by atoms with Gasteiger partial charge in [0.1, 0.15) is 11.1 Å². The average molecular weight is 305 g/mol. The highest BCUT2D eigenvalue weighted by atomic mass is 35.5. The molecule has 1 aliphatic heterocycles. The number of aromatic nitrogens is 1.